The average molecular weight is 460 g/mol. The molecule has 0 amide bonds. The molecule has 0 unspecified atom stereocenters. The second kappa shape index (κ2) is 7.17. The van der Waals surface area contributed by atoms with Gasteiger partial charge in [0, 0.05) is 53.0 Å². The molecular weight excluding hydrogens is 440 g/mol. The molecule has 0 N–H and O–H groups in total. The Morgan fingerprint density at radius 3 is 2.46 bits per heavy atom. The molecule has 5 heterocycles. The first-order valence-corrected chi connectivity index (χ1v) is 11.5. The first-order chi connectivity index (χ1) is 17.2. The highest BCUT2D eigenvalue weighted by Gasteiger charge is 2.22. The van der Waals surface area contributed by atoms with Gasteiger partial charge in [-0.15, -0.1) is 0 Å². The zero-order valence-electron chi connectivity index (χ0n) is 18.9. The number of rotatable bonds is 4. The molecule has 2 aromatic carbocycles. The fourth-order valence-electron chi connectivity index (χ4n) is 5.48. The number of fused-ring (bicyclic) bond motifs is 6. The highest BCUT2D eigenvalue weighted by atomic mass is 16.6. The molecule has 0 bridgehead atoms. The van der Waals surface area contributed by atoms with Crippen molar-refractivity contribution in [1.29, 1.82) is 0 Å². The highest BCUT2D eigenvalue weighted by Crippen LogP contribution is 2.35. The number of aromatic nitrogens is 4. The Balaban J connectivity index is 1.40. The van der Waals surface area contributed by atoms with E-state index in [1.54, 1.807) is 17.7 Å². The smallest absolute Gasteiger partial charge is 0.303 e. The summed E-state index contributed by atoms with van der Waals surface area (Å²) in [4.78, 5) is 35.8. The number of pyridine rings is 3. The fourth-order valence-corrected chi connectivity index (χ4v) is 5.48. The summed E-state index contributed by atoms with van der Waals surface area (Å²) >= 11 is 0. The van der Waals surface area contributed by atoms with Gasteiger partial charge in [-0.2, -0.15) is 4.73 Å². The third kappa shape index (κ3) is 2.63. The zero-order valence-corrected chi connectivity index (χ0v) is 18.9. The zero-order chi connectivity index (χ0) is 23.7. The van der Waals surface area contributed by atoms with Crippen LogP contribution in [0.15, 0.2) is 88.7 Å². The molecule has 2 aliphatic rings. The average Bonchev–Trinajstić information content (AvgIpc) is 3.40. The third-order valence-corrected chi connectivity index (χ3v) is 6.96. The number of hydrogen-bond donors (Lipinski definition) is 0. The van der Waals surface area contributed by atoms with E-state index in [-0.39, 0.29) is 0 Å². The molecule has 7 heteroatoms. The summed E-state index contributed by atoms with van der Waals surface area (Å²) in [6, 6.07) is 21.3. The quantitative estimate of drug-likeness (QED) is 0.373. The van der Waals surface area contributed by atoms with E-state index in [0.29, 0.717) is 13.0 Å². The van der Waals surface area contributed by atoms with Gasteiger partial charge in [0.05, 0.1) is 33.6 Å². The Bertz CT molecular complexity index is 2000. The standard InChI is InChI=1S/C28H20N4O3/c1-35-32-22-9-5-3-7-19(22)26-20(29-13-10-23(26)32)12-15-30-14-11-18-17-6-2-4-8-21(17)31-27(18)24(30)16-25(33)28(31)34/h2-11,13-14,16H,12,15H2,1H3. The van der Waals surface area contributed by atoms with E-state index in [9.17, 15) is 9.59 Å². The van der Waals surface area contributed by atoms with E-state index in [0.717, 1.165) is 55.2 Å². The summed E-state index contributed by atoms with van der Waals surface area (Å²) in [5.41, 5.74) is 4.16. The summed E-state index contributed by atoms with van der Waals surface area (Å²) in [6.07, 6.45) is 4.44. The van der Waals surface area contributed by atoms with Crippen LogP contribution in [0.4, 0.5) is 0 Å². The van der Waals surface area contributed by atoms with Crippen molar-refractivity contribution in [3.05, 3.63) is 105 Å². The molecule has 0 saturated carbocycles. The predicted octanol–water partition coefficient (Wildman–Crippen LogP) is 3.96. The molecule has 3 aromatic heterocycles. The predicted molar refractivity (Wildman–Crippen MR) is 137 cm³/mol. The van der Waals surface area contributed by atoms with Crippen LogP contribution in [-0.4, -0.2) is 25.8 Å². The Morgan fingerprint density at radius 2 is 1.63 bits per heavy atom. The number of nitrogens with zero attached hydrogens (tertiary/aromatic N) is 4. The van der Waals surface area contributed by atoms with E-state index in [1.165, 1.54) is 6.07 Å². The minimum Gasteiger partial charge on any atom is -0.416 e. The monoisotopic (exact) mass is 460 g/mol. The van der Waals surface area contributed by atoms with Crippen molar-refractivity contribution < 1.29 is 4.84 Å². The van der Waals surface area contributed by atoms with Gasteiger partial charge in [0.1, 0.15) is 7.11 Å². The van der Waals surface area contributed by atoms with Crippen LogP contribution in [0.25, 0.3) is 49.5 Å². The van der Waals surface area contributed by atoms with Gasteiger partial charge in [-0.25, -0.2) is 0 Å². The normalized spacial score (nSPS) is 12.0. The lowest BCUT2D eigenvalue weighted by molar-refractivity contribution is 0.190. The molecule has 0 fully saturated rings. The molecule has 0 saturated heterocycles. The van der Waals surface area contributed by atoms with E-state index in [4.69, 9.17) is 9.82 Å². The molecule has 2 aliphatic heterocycles. The minimum atomic E-state index is -0.514. The van der Waals surface area contributed by atoms with Crippen LogP contribution in [0.5, 0.6) is 0 Å². The van der Waals surface area contributed by atoms with Crippen LogP contribution in [0, 0.1) is 0 Å². The van der Waals surface area contributed by atoms with Gasteiger partial charge in [-0.3, -0.25) is 19.0 Å². The Hall–Kier alpha value is -4.65. The maximum Gasteiger partial charge on any atom is 0.303 e. The second-order valence-corrected chi connectivity index (χ2v) is 8.72. The molecule has 0 aliphatic carbocycles. The van der Waals surface area contributed by atoms with Gasteiger partial charge < -0.3 is 9.40 Å². The summed E-state index contributed by atoms with van der Waals surface area (Å²) in [5, 5.41) is 4.07. The molecular formula is C28H20N4O3. The molecule has 7 nitrogen and oxygen atoms in total. The SMILES string of the molecule is COn1c2ccccc2c2c(CCn3ccc4c5n(c(=O)c(=O)cc3-5)c3ccccc43)nccc21. The van der Waals surface area contributed by atoms with Crippen LogP contribution < -0.4 is 15.8 Å². The van der Waals surface area contributed by atoms with E-state index in [2.05, 4.69) is 6.07 Å². The van der Waals surface area contributed by atoms with Crippen LogP contribution in [0.2, 0.25) is 0 Å². The highest BCUT2D eigenvalue weighted by molar-refractivity contribution is 6.09. The molecule has 7 rings (SSSR count). The summed E-state index contributed by atoms with van der Waals surface area (Å²) in [6.45, 7) is 0.601. The van der Waals surface area contributed by atoms with Crippen LogP contribution in [0.3, 0.4) is 0 Å². The topological polar surface area (TPSA) is 70.5 Å². The minimum absolute atomic E-state index is 0.511. The lowest BCUT2D eigenvalue weighted by Crippen LogP contribution is -2.31. The van der Waals surface area contributed by atoms with Crippen molar-refractivity contribution in [3.63, 3.8) is 0 Å². The maximum absolute atomic E-state index is 12.8. The second-order valence-electron chi connectivity index (χ2n) is 8.72. The van der Waals surface area contributed by atoms with Gasteiger partial charge in [-0.05, 0) is 24.3 Å². The fraction of sp³-hybridized carbons (Fsp3) is 0.107. The Labute approximate surface area is 198 Å². The molecule has 170 valence electrons. The van der Waals surface area contributed by atoms with Gasteiger partial charge in [0.2, 0.25) is 5.43 Å². The van der Waals surface area contributed by atoms with Crippen molar-refractivity contribution >= 4 is 38.1 Å². The van der Waals surface area contributed by atoms with Crippen LogP contribution in [-0.2, 0) is 13.0 Å². The van der Waals surface area contributed by atoms with E-state index >= 15 is 0 Å². The largest absolute Gasteiger partial charge is 0.416 e. The summed E-state index contributed by atoms with van der Waals surface area (Å²) < 4.78 is 5.43. The molecule has 35 heavy (non-hydrogen) atoms. The van der Waals surface area contributed by atoms with Gasteiger partial charge in [-0.1, -0.05) is 36.4 Å². The summed E-state index contributed by atoms with van der Waals surface area (Å²) in [7, 11) is 1.66. The van der Waals surface area contributed by atoms with E-state index in [1.807, 2.05) is 70.1 Å². The molecule has 0 atom stereocenters. The number of benzene rings is 2. The van der Waals surface area contributed by atoms with Gasteiger partial charge in [0.15, 0.2) is 0 Å². The van der Waals surface area contributed by atoms with Crippen molar-refractivity contribution in [2.24, 2.45) is 0 Å². The maximum atomic E-state index is 12.8. The molecule has 5 aromatic rings. The van der Waals surface area contributed by atoms with Crippen LogP contribution >= 0.6 is 0 Å². The number of aryl methyl sites for hydroxylation is 2. The number of hydrogen-bond acceptors (Lipinski definition) is 4. The lowest BCUT2D eigenvalue weighted by Gasteiger charge is -2.16. The molecule has 0 radical (unpaired) electrons. The first kappa shape index (κ1) is 19.8. The molecule has 0 spiro atoms. The third-order valence-electron chi connectivity index (χ3n) is 6.96. The first-order valence-electron chi connectivity index (χ1n) is 11.5. The van der Waals surface area contributed by atoms with Crippen LogP contribution in [0.1, 0.15) is 5.69 Å². The Kier molecular flexibility index (Phi) is 4.05. The van der Waals surface area contributed by atoms with Crippen molar-refractivity contribution in [2.45, 2.75) is 13.0 Å². The lowest BCUT2D eigenvalue weighted by atomic mass is 10.1. The van der Waals surface area contributed by atoms with Crippen molar-refractivity contribution in [2.75, 3.05) is 7.11 Å². The van der Waals surface area contributed by atoms with Gasteiger partial charge in [0.25, 0.3) is 0 Å². The van der Waals surface area contributed by atoms with Crippen molar-refractivity contribution in [1.82, 2.24) is 18.7 Å². The number of para-hydroxylation sites is 2. The Morgan fingerprint density at radius 1 is 0.857 bits per heavy atom. The van der Waals surface area contributed by atoms with Gasteiger partial charge >= 0.3 is 5.56 Å². The van der Waals surface area contributed by atoms with Crippen molar-refractivity contribution in [3.8, 4) is 11.4 Å². The van der Waals surface area contributed by atoms with E-state index < -0.39 is 11.0 Å². The summed E-state index contributed by atoms with van der Waals surface area (Å²) in [5.74, 6) is 0.